The van der Waals surface area contributed by atoms with Crippen LogP contribution in [0.5, 0.6) is 0 Å². The smallest absolute Gasteiger partial charge is 0.218 e. The average Bonchev–Trinajstić information content (AvgIpc) is 2.35. The Balaban J connectivity index is 2.17. The predicted octanol–water partition coefficient (Wildman–Crippen LogP) is -0.370. The largest absolute Gasteiger partial charge is 0.379 e. The number of nitrogens with two attached hydrogens (primary N) is 1. The van der Waals surface area contributed by atoms with E-state index in [4.69, 9.17) is 10.5 Å². The molecule has 12 heavy (non-hydrogen) atoms. The summed E-state index contributed by atoms with van der Waals surface area (Å²) >= 11 is 0. The van der Waals surface area contributed by atoms with Gasteiger partial charge in [0.05, 0.1) is 6.61 Å². The standard InChI is InChI=1S/C8H16N2O2/c1-8(3-5-12-6-8)10-4-2-7(9)11/h10H,2-6H2,1H3,(H2,9,11). The zero-order valence-electron chi connectivity index (χ0n) is 7.43. The Labute approximate surface area is 72.5 Å². The van der Waals surface area contributed by atoms with Crippen molar-refractivity contribution in [2.45, 2.75) is 25.3 Å². The van der Waals surface area contributed by atoms with Crippen LogP contribution in [0, 0.1) is 0 Å². The summed E-state index contributed by atoms with van der Waals surface area (Å²) in [7, 11) is 0. The molecular formula is C8H16N2O2. The molecule has 3 N–H and O–H groups in total. The van der Waals surface area contributed by atoms with Crippen molar-refractivity contribution >= 4 is 5.91 Å². The van der Waals surface area contributed by atoms with Crippen LogP contribution in [0.4, 0.5) is 0 Å². The molecule has 1 aliphatic rings. The van der Waals surface area contributed by atoms with Gasteiger partial charge < -0.3 is 15.8 Å². The third kappa shape index (κ3) is 2.79. The minimum absolute atomic E-state index is 0.0510. The van der Waals surface area contributed by atoms with Crippen molar-refractivity contribution < 1.29 is 9.53 Å². The van der Waals surface area contributed by atoms with Crippen LogP contribution in [0.3, 0.4) is 0 Å². The molecule has 4 nitrogen and oxygen atoms in total. The van der Waals surface area contributed by atoms with Crippen LogP contribution in [-0.4, -0.2) is 31.2 Å². The van der Waals surface area contributed by atoms with Gasteiger partial charge >= 0.3 is 0 Å². The third-order valence-electron chi connectivity index (χ3n) is 2.14. The van der Waals surface area contributed by atoms with Gasteiger partial charge in [0.2, 0.25) is 5.91 Å². The summed E-state index contributed by atoms with van der Waals surface area (Å²) in [5.74, 6) is -0.259. The van der Waals surface area contributed by atoms with E-state index in [0.29, 0.717) is 13.0 Å². The molecule has 1 heterocycles. The van der Waals surface area contributed by atoms with E-state index < -0.39 is 0 Å². The van der Waals surface area contributed by atoms with Crippen molar-refractivity contribution in [2.75, 3.05) is 19.8 Å². The molecule has 0 spiro atoms. The molecule has 1 unspecified atom stereocenters. The number of amides is 1. The van der Waals surface area contributed by atoms with Crippen molar-refractivity contribution in [1.82, 2.24) is 5.32 Å². The van der Waals surface area contributed by atoms with E-state index in [1.165, 1.54) is 0 Å². The first-order valence-electron chi connectivity index (χ1n) is 4.23. The lowest BCUT2D eigenvalue weighted by Gasteiger charge is -2.22. The topological polar surface area (TPSA) is 64.3 Å². The molecule has 1 rings (SSSR count). The van der Waals surface area contributed by atoms with Gasteiger partial charge in [-0.15, -0.1) is 0 Å². The van der Waals surface area contributed by atoms with Crippen molar-refractivity contribution in [2.24, 2.45) is 5.73 Å². The normalized spacial score (nSPS) is 29.1. The van der Waals surface area contributed by atoms with E-state index in [1.807, 2.05) is 0 Å². The van der Waals surface area contributed by atoms with Gasteiger partial charge in [-0.2, -0.15) is 0 Å². The first-order chi connectivity index (χ1) is 5.62. The summed E-state index contributed by atoms with van der Waals surface area (Å²) in [6.07, 6.45) is 1.40. The second kappa shape index (κ2) is 3.87. The molecule has 0 bridgehead atoms. The highest BCUT2D eigenvalue weighted by Crippen LogP contribution is 2.16. The quantitative estimate of drug-likeness (QED) is 0.608. The van der Waals surface area contributed by atoms with Crippen molar-refractivity contribution in [3.63, 3.8) is 0 Å². The maximum absolute atomic E-state index is 10.4. The SMILES string of the molecule is CC1(NCCC(N)=O)CCOC1. The molecule has 0 aromatic carbocycles. The lowest BCUT2D eigenvalue weighted by molar-refractivity contribution is -0.117. The average molecular weight is 172 g/mol. The molecule has 0 radical (unpaired) electrons. The molecule has 0 aromatic rings. The van der Waals surface area contributed by atoms with E-state index >= 15 is 0 Å². The number of nitrogens with one attached hydrogen (secondary N) is 1. The lowest BCUT2D eigenvalue weighted by atomic mass is 10.0. The zero-order chi connectivity index (χ0) is 9.03. The Morgan fingerprint density at radius 1 is 1.75 bits per heavy atom. The summed E-state index contributed by atoms with van der Waals surface area (Å²) < 4.78 is 5.24. The van der Waals surface area contributed by atoms with Crippen LogP contribution in [0.25, 0.3) is 0 Å². The monoisotopic (exact) mass is 172 g/mol. The fourth-order valence-corrected chi connectivity index (χ4v) is 1.29. The fraction of sp³-hybridized carbons (Fsp3) is 0.875. The Kier molecular flexibility index (Phi) is 3.05. The number of ether oxygens (including phenoxy) is 1. The molecule has 1 atom stereocenters. The number of carbonyl (C=O) groups is 1. The minimum atomic E-state index is -0.259. The van der Waals surface area contributed by atoms with Gasteiger partial charge in [0.15, 0.2) is 0 Å². The number of hydrogen-bond donors (Lipinski definition) is 2. The molecular weight excluding hydrogens is 156 g/mol. The lowest BCUT2D eigenvalue weighted by Crippen LogP contribution is -2.44. The summed E-state index contributed by atoms with van der Waals surface area (Å²) in [6, 6.07) is 0. The van der Waals surface area contributed by atoms with Gasteiger partial charge in [0.25, 0.3) is 0 Å². The second-order valence-electron chi connectivity index (χ2n) is 3.51. The molecule has 4 heteroatoms. The zero-order valence-corrected chi connectivity index (χ0v) is 7.43. The van der Waals surface area contributed by atoms with Crippen LogP contribution >= 0.6 is 0 Å². The predicted molar refractivity (Wildman–Crippen MR) is 45.7 cm³/mol. The van der Waals surface area contributed by atoms with E-state index in [9.17, 15) is 4.79 Å². The van der Waals surface area contributed by atoms with E-state index in [2.05, 4.69) is 12.2 Å². The van der Waals surface area contributed by atoms with Gasteiger partial charge in [0.1, 0.15) is 0 Å². The van der Waals surface area contributed by atoms with Crippen molar-refractivity contribution in [3.8, 4) is 0 Å². The van der Waals surface area contributed by atoms with Crippen LogP contribution in [0.2, 0.25) is 0 Å². The van der Waals surface area contributed by atoms with Gasteiger partial charge in [-0.25, -0.2) is 0 Å². The van der Waals surface area contributed by atoms with Gasteiger partial charge in [0, 0.05) is 25.1 Å². The fourth-order valence-electron chi connectivity index (χ4n) is 1.29. The first kappa shape index (κ1) is 9.48. The van der Waals surface area contributed by atoms with Crippen LogP contribution < -0.4 is 11.1 Å². The second-order valence-corrected chi connectivity index (χ2v) is 3.51. The highest BCUT2D eigenvalue weighted by atomic mass is 16.5. The number of hydrogen-bond acceptors (Lipinski definition) is 3. The maximum Gasteiger partial charge on any atom is 0.218 e. The number of primary amides is 1. The molecule has 1 fully saturated rings. The summed E-state index contributed by atoms with van der Waals surface area (Å²) in [5.41, 5.74) is 5.06. The Hall–Kier alpha value is -0.610. The first-order valence-corrected chi connectivity index (χ1v) is 4.23. The van der Waals surface area contributed by atoms with E-state index in [-0.39, 0.29) is 11.4 Å². The van der Waals surface area contributed by atoms with Crippen molar-refractivity contribution in [1.29, 1.82) is 0 Å². The summed E-state index contributed by atoms with van der Waals surface area (Å²) in [5, 5.41) is 3.26. The highest BCUT2D eigenvalue weighted by Gasteiger charge is 2.28. The molecule has 1 amide bonds. The minimum Gasteiger partial charge on any atom is -0.379 e. The van der Waals surface area contributed by atoms with E-state index in [1.54, 1.807) is 0 Å². The maximum atomic E-state index is 10.4. The summed E-state index contributed by atoms with van der Waals surface area (Å²) in [4.78, 5) is 10.4. The van der Waals surface area contributed by atoms with Crippen LogP contribution in [-0.2, 0) is 9.53 Å². The third-order valence-corrected chi connectivity index (χ3v) is 2.14. The van der Waals surface area contributed by atoms with Crippen LogP contribution in [0.15, 0.2) is 0 Å². The molecule has 1 saturated heterocycles. The van der Waals surface area contributed by atoms with E-state index in [0.717, 1.165) is 19.6 Å². The Morgan fingerprint density at radius 2 is 2.50 bits per heavy atom. The summed E-state index contributed by atoms with van der Waals surface area (Å²) in [6.45, 7) is 4.28. The molecule has 0 aromatic heterocycles. The number of carbonyl (C=O) groups excluding carboxylic acids is 1. The highest BCUT2D eigenvalue weighted by molar-refractivity contribution is 5.73. The molecule has 0 saturated carbocycles. The Bertz CT molecular complexity index is 164. The molecule has 1 aliphatic heterocycles. The van der Waals surface area contributed by atoms with Crippen LogP contribution in [0.1, 0.15) is 19.8 Å². The van der Waals surface area contributed by atoms with Gasteiger partial charge in [-0.3, -0.25) is 4.79 Å². The Morgan fingerprint density at radius 3 is 3.00 bits per heavy atom. The number of rotatable bonds is 4. The molecule has 70 valence electrons. The van der Waals surface area contributed by atoms with Gasteiger partial charge in [-0.1, -0.05) is 0 Å². The van der Waals surface area contributed by atoms with Crippen molar-refractivity contribution in [3.05, 3.63) is 0 Å². The molecule has 0 aliphatic carbocycles. The van der Waals surface area contributed by atoms with Gasteiger partial charge in [-0.05, 0) is 13.3 Å².